The van der Waals surface area contributed by atoms with E-state index in [2.05, 4.69) is 36.3 Å². The Morgan fingerprint density at radius 1 is 1.33 bits per heavy atom. The molecule has 0 unspecified atom stereocenters. The zero-order chi connectivity index (χ0) is 15.1. The molecule has 0 aliphatic carbocycles. The van der Waals surface area contributed by atoms with Gasteiger partial charge in [-0.2, -0.15) is 0 Å². The van der Waals surface area contributed by atoms with E-state index in [1.807, 2.05) is 6.07 Å². The lowest BCUT2D eigenvalue weighted by Gasteiger charge is -2.14. The van der Waals surface area contributed by atoms with Gasteiger partial charge < -0.3 is 9.64 Å². The van der Waals surface area contributed by atoms with Crippen molar-refractivity contribution in [3.8, 4) is 18.1 Å². The normalized spacial score (nSPS) is 10.1. The Labute approximate surface area is 125 Å². The molecule has 3 nitrogen and oxygen atoms in total. The number of carbonyl (C=O) groups excluding carboxylic acids is 1. The van der Waals surface area contributed by atoms with Gasteiger partial charge in [0, 0.05) is 6.54 Å². The van der Waals surface area contributed by atoms with Gasteiger partial charge in [-0.1, -0.05) is 30.2 Å². The minimum absolute atomic E-state index is 0.368. The van der Waals surface area contributed by atoms with Crippen molar-refractivity contribution in [2.45, 2.75) is 12.8 Å². The number of hydrogen-bond donors (Lipinski definition) is 0. The maximum Gasteiger partial charge on any atom is 0.210 e. The highest BCUT2D eigenvalue weighted by atomic mass is 16.5. The maximum atomic E-state index is 10.8. The molecule has 2 aromatic carbocycles. The smallest absolute Gasteiger partial charge is 0.210 e. The van der Waals surface area contributed by atoms with Gasteiger partial charge in [0.15, 0.2) is 0 Å². The number of rotatable bonds is 7. The number of fused-ring (bicyclic) bond motifs is 1. The number of hydrogen-bond acceptors (Lipinski definition) is 2. The summed E-state index contributed by atoms with van der Waals surface area (Å²) in [4.78, 5) is 12.5. The summed E-state index contributed by atoms with van der Waals surface area (Å²) in [5.41, 5.74) is 1.26. The van der Waals surface area contributed by atoms with Crippen LogP contribution in [0.1, 0.15) is 12.0 Å². The largest absolute Gasteiger partial charge is 0.497 e. The number of methoxy groups -OCH3 is 1. The van der Waals surface area contributed by atoms with Gasteiger partial charge in [-0.3, -0.25) is 4.79 Å². The number of benzene rings is 2. The van der Waals surface area contributed by atoms with E-state index >= 15 is 0 Å². The zero-order valence-electron chi connectivity index (χ0n) is 12.2. The summed E-state index contributed by atoms with van der Waals surface area (Å²) in [7, 11) is 1.67. The van der Waals surface area contributed by atoms with E-state index in [1.165, 1.54) is 16.3 Å². The van der Waals surface area contributed by atoms with Crippen molar-refractivity contribution < 1.29 is 9.53 Å². The van der Waals surface area contributed by atoms with Gasteiger partial charge in [-0.15, -0.1) is 6.42 Å². The van der Waals surface area contributed by atoms with E-state index in [1.54, 1.807) is 12.0 Å². The van der Waals surface area contributed by atoms with E-state index < -0.39 is 0 Å². The Morgan fingerprint density at radius 3 is 2.90 bits per heavy atom. The van der Waals surface area contributed by atoms with E-state index in [4.69, 9.17) is 11.2 Å². The predicted octanol–water partition coefficient (Wildman–Crippen LogP) is 2.87. The van der Waals surface area contributed by atoms with Gasteiger partial charge in [0.2, 0.25) is 6.41 Å². The Morgan fingerprint density at radius 2 is 2.19 bits per heavy atom. The first kappa shape index (κ1) is 14.9. The van der Waals surface area contributed by atoms with Crippen LogP contribution in [0.4, 0.5) is 0 Å². The average molecular weight is 281 g/mol. The summed E-state index contributed by atoms with van der Waals surface area (Å²) in [6.07, 6.45) is 7.83. The summed E-state index contributed by atoms with van der Waals surface area (Å²) in [6, 6.07) is 12.4. The molecule has 0 N–H and O–H groups in total. The van der Waals surface area contributed by atoms with Gasteiger partial charge in [-0.05, 0) is 41.3 Å². The quantitative estimate of drug-likeness (QED) is 0.577. The third-order valence-electron chi connectivity index (χ3n) is 3.51. The molecule has 0 fully saturated rings. The number of amides is 1. The van der Waals surface area contributed by atoms with E-state index in [9.17, 15) is 4.79 Å². The van der Waals surface area contributed by atoms with E-state index in [0.29, 0.717) is 13.1 Å². The van der Waals surface area contributed by atoms with Crippen LogP contribution in [0, 0.1) is 12.3 Å². The topological polar surface area (TPSA) is 29.5 Å². The van der Waals surface area contributed by atoms with Crippen LogP contribution in [0.25, 0.3) is 10.8 Å². The standard InChI is InChI=1S/C18H19NO2/c1-3-11-19(14-20)12-5-8-15-6-4-7-16-9-10-17(21-2)13-18(15)16/h1,4,6-7,9-10,13-14H,5,8,11-12H2,2H3. The number of carbonyl (C=O) groups is 1. The molecule has 108 valence electrons. The molecule has 2 rings (SSSR count). The van der Waals surface area contributed by atoms with Crippen molar-refractivity contribution >= 4 is 17.2 Å². The maximum absolute atomic E-state index is 10.8. The molecule has 0 atom stereocenters. The van der Waals surface area contributed by atoms with Gasteiger partial charge in [0.05, 0.1) is 13.7 Å². The Hall–Kier alpha value is -2.47. The second-order valence-corrected chi connectivity index (χ2v) is 4.89. The monoisotopic (exact) mass is 281 g/mol. The van der Waals surface area contributed by atoms with Gasteiger partial charge in [0.1, 0.15) is 5.75 Å². The second-order valence-electron chi connectivity index (χ2n) is 4.89. The number of nitrogens with zero attached hydrogens (tertiary/aromatic N) is 1. The highest BCUT2D eigenvalue weighted by molar-refractivity contribution is 5.87. The molecule has 0 aliphatic rings. The lowest BCUT2D eigenvalue weighted by atomic mass is 10.0. The fraction of sp³-hybridized carbons (Fsp3) is 0.278. The first-order valence-electron chi connectivity index (χ1n) is 6.97. The fourth-order valence-corrected chi connectivity index (χ4v) is 2.42. The average Bonchev–Trinajstić information content (AvgIpc) is 2.53. The Bertz CT molecular complexity index is 658. The minimum atomic E-state index is 0.368. The molecule has 2 aromatic rings. The van der Waals surface area contributed by atoms with Crippen LogP contribution in [0.2, 0.25) is 0 Å². The van der Waals surface area contributed by atoms with Crippen molar-refractivity contribution in [3.05, 3.63) is 42.0 Å². The SMILES string of the molecule is C#CCN(C=O)CCCc1cccc2ccc(OC)cc12. The van der Waals surface area contributed by atoms with Gasteiger partial charge >= 0.3 is 0 Å². The summed E-state index contributed by atoms with van der Waals surface area (Å²) in [5.74, 6) is 3.35. The molecule has 0 radical (unpaired) electrons. The van der Waals surface area contributed by atoms with Crippen LogP contribution in [0.3, 0.4) is 0 Å². The lowest BCUT2D eigenvalue weighted by molar-refractivity contribution is -0.117. The molecular formula is C18H19NO2. The molecule has 0 heterocycles. The molecule has 0 aromatic heterocycles. The van der Waals surface area contributed by atoms with Crippen molar-refractivity contribution in [3.63, 3.8) is 0 Å². The number of ether oxygens (including phenoxy) is 1. The number of terminal acetylenes is 1. The molecule has 3 heteroatoms. The van der Waals surface area contributed by atoms with Gasteiger partial charge in [0.25, 0.3) is 0 Å². The molecule has 1 amide bonds. The molecule has 0 spiro atoms. The van der Waals surface area contributed by atoms with Crippen LogP contribution in [-0.4, -0.2) is 31.5 Å². The first-order valence-corrected chi connectivity index (χ1v) is 6.97. The summed E-state index contributed by atoms with van der Waals surface area (Å²) >= 11 is 0. The van der Waals surface area contributed by atoms with Crippen LogP contribution in [0.5, 0.6) is 5.75 Å². The first-order chi connectivity index (χ1) is 10.3. The molecule has 21 heavy (non-hydrogen) atoms. The van der Waals surface area contributed by atoms with Crippen molar-refractivity contribution in [2.24, 2.45) is 0 Å². The zero-order valence-corrected chi connectivity index (χ0v) is 12.2. The lowest BCUT2D eigenvalue weighted by Crippen LogP contribution is -2.23. The van der Waals surface area contributed by atoms with Crippen LogP contribution in [-0.2, 0) is 11.2 Å². The molecule has 0 saturated heterocycles. The number of aryl methyl sites for hydroxylation is 1. The fourth-order valence-electron chi connectivity index (χ4n) is 2.42. The van der Waals surface area contributed by atoms with Crippen LogP contribution < -0.4 is 4.74 Å². The van der Waals surface area contributed by atoms with Crippen molar-refractivity contribution in [1.82, 2.24) is 4.90 Å². The summed E-state index contributed by atoms with van der Waals surface area (Å²) in [5, 5.41) is 2.40. The third kappa shape index (κ3) is 3.76. The molecule has 0 bridgehead atoms. The Kier molecular flexibility index (Phi) is 5.22. The van der Waals surface area contributed by atoms with E-state index in [-0.39, 0.29) is 0 Å². The van der Waals surface area contributed by atoms with Crippen molar-refractivity contribution in [1.29, 1.82) is 0 Å². The van der Waals surface area contributed by atoms with E-state index in [0.717, 1.165) is 25.0 Å². The van der Waals surface area contributed by atoms with Gasteiger partial charge in [-0.25, -0.2) is 0 Å². The summed E-state index contributed by atoms with van der Waals surface area (Å²) < 4.78 is 5.29. The molecule has 0 aliphatic heterocycles. The third-order valence-corrected chi connectivity index (χ3v) is 3.51. The van der Waals surface area contributed by atoms with Crippen LogP contribution in [0.15, 0.2) is 36.4 Å². The van der Waals surface area contributed by atoms with Crippen molar-refractivity contribution in [2.75, 3.05) is 20.2 Å². The van der Waals surface area contributed by atoms with Crippen LogP contribution >= 0.6 is 0 Å². The Balaban J connectivity index is 2.11. The minimum Gasteiger partial charge on any atom is -0.497 e. The molecule has 0 saturated carbocycles. The highest BCUT2D eigenvalue weighted by Crippen LogP contribution is 2.24. The summed E-state index contributed by atoms with van der Waals surface area (Å²) in [6.45, 7) is 1.04. The highest BCUT2D eigenvalue weighted by Gasteiger charge is 2.04. The predicted molar refractivity (Wildman–Crippen MR) is 85.3 cm³/mol. The molecular weight excluding hydrogens is 262 g/mol. The second kappa shape index (κ2) is 7.35.